The lowest BCUT2D eigenvalue weighted by molar-refractivity contribution is -0.384. The van der Waals surface area contributed by atoms with E-state index in [4.69, 9.17) is 39.2 Å². The Labute approximate surface area is 191 Å². The van der Waals surface area contributed by atoms with Crippen LogP contribution in [0.25, 0.3) is 17.4 Å². The maximum absolute atomic E-state index is 12.4. The molecule has 1 aromatic heterocycles. The predicted molar refractivity (Wildman–Crippen MR) is 119 cm³/mol. The van der Waals surface area contributed by atoms with Crippen LogP contribution in [0.15, 0.2) is 52.5 Å². The van der Waals surface area contributed by atoms with Crippen LogP contribution in [0.5, 0.6) is 0 Å². The molecule has 156 valence electrons. The third-order valence-electron chi connectivity index (χ3n) is 4.21. The first-order valence-electron chi connectivity index (χ1n) is 8.62. The molecular weight excluding hydrogens is 465 g/mol. The average Bonchev–Trinajstić information content (AvgIpc) is 3.17. The minimum Gasteiger partial charge on any atom is -0.457 e. The van der Waals surface area contributed by atoms with Crippen molar-refractivity contribution in [3.8, 4) is 17.4 Å². The van der Waals surface area contributed by atoms with E-state index in [1.165, 1.54) is 30.3 Å². The minimum absolute atomic E-state index is 0.106. The van der Waals surface area contributed by atoms with Gasteiger partial charge in [-0.15, -0.1) is 0 Å². The van der Waals surface area contributed by atoms with Gasteiger partial charge in [0.2, 0.25) is 0 Å². The molecule has 0 radical (unpaired) electrons. The molecule has 0 aliphatic carbocycles. The smallest absolute Gasteiger partial charge is 0.288 e. The van der Waals surface area contributed by atoms with Crippen LogP contribution >= 0.6 is 34.8 Å². The summed E-state index contributed by atoms with van der Waals surface area (Å²) in [5, 5.41) is 23.6. The van der Waals surface area contributed by atoms with Crippen molar-refractivity contribution in [2.45, 2.75) is 6.92 Å². The zero-order valence-corrected chi connectivity index (χ0v) is 18.0. The van der Waals surface area contributed by atoms with Crippen LogP contribution in [-0.4, -0.2) is 10.8 Å². The maximum atomic E-state index is 12.4. The number of furan rings is 1. The fourth-order valence-corrected chi connectivity index (χ4v) is 3.33. The molecule has 3 aromatic rings. The normalized spacial score (nSPS) is 11.1. The van der Waals surface area contributed by atoms with E-state index in [1.807, 2.05) is 13.0 Å². The van der Waals surface area contributed by atoms with Gasteiger partial charge in [0.1, 0.15) is 28.2 Å². The van der Waals surface area contributed by atoms with Crippen molar-refractivity contribution >= 4 is 58.2 Å². The Morgan fingerprint density at radius 1 is 1.13 bits per heavy atom. The fourth-order valence-electron chi connectivity index (χ4n) is 2.60. The van der Waals surface area contributed by atoms with Crippen LogP contribution < -0.4 is 5.32 Å². The molecule has 31 heavy (non-hydrogen) atoms. The summed E-state index contributed by atoms with van der Waals surface area (Å²) in [4.78, 5) is 22.9. The van der Waals surface area contributed by atoms with Gasteiger partial charge in [-0.3, -0.25) is 14.9 Å². The number of rotatable bonds is 5. The van der Waals surface area contributed by atoms with E-state index in [0.29, 0.717) is 10.7 Å². The molecule has 2 aromatic carbocycles. The van der Waals surface area contributed by atoms with Gasteiger partial charge < -0.3 is 9.73 Å². The number of halogens is 3. The number of hydrogen-bond acceptors (Lipinski definition) is 5. The van der Waals surface area contributed by atoms with Crippen LogP contribution in [0.1, 0.15) is 11.3 Å². The molecule has 0 aliphatic heterocycles. The van der Waals surface area contributed by atoms with E-state index >= 15 is 0 Å². The summed E-state index contributed by atoms with van der Waals surface area (Å²) < 4.78 is 5.61. The van der Waals surface area contributed by atoms with Gasteiger partial charge in [0.25, 0.3) is 11.6 Å². The minimum atomic E-state index is -0.652. The highest BCUT2D eigenvalue weighted by atomic mass is 35.5. The van der Waals surface area contributed by atoms with Gasteiger partial charge in [-0.2, -0.15) is 5.26 Å². The van der Waals surface area contributed by atoms with Crippen molar-refractivity contribution < 1.29 is 14.1 Å². The first-order valence-corrected chi connectivity index (χ1v) is 9.76. The third kappa shape index (κ3) is 5.06. The SMILES string of the molecule is Cc1ccc(NC(=O)/C(C#N)=C\c2ccc(-c3cc([N+](=O)[O-])c(Cl)cc3Cl)o2)cc1Cl. The Hall–Kier alpha value is -3.31. The Kier molecular flexibility index (Phi) is 6.66. The zero-order chi connectivity index (χ0) is 22.7. The van der Waals surface area contributed by atoms with Crippen LogP contribution in [0.4, 0.5) is 11.4 Å². The number of carbonyl (C=O) groups is 1. The summed E-state index contributed by atoms with van der Waals surface area (Å²) in [6, 6.07) is 12.2. The summed E-state index contributed by atoms with van der Waals surface area (Å²) in [6.07, 6.45) is 1.24. The molecule has 0 fully saturated rings. The summed E-state index contributed by atoms with van der Waals surface area (Å²) in [7, 11) is 0. The standard InChI is InChI=1S/C21H12Cl3N3O4/c1-11-2-3-13(7-16(11)22)26-21(28)12(10-25)6-14-4-5-20(31-14)15-8-19(27(29)30)18(24)9-17(15)23/h2-9H,1H3,(H,26,28)/b12-6-. The number of aryl methyl sites for hydroxylation is 1. The number of anilines is 1. The molecule has 10 heteroatoms. The van der Waals surface area contributed by atoms with Crippen molar-refractivity contribution in [3.63, 3.8) is 0 Å². The monoisotopic (exact) mass is 475 g/mol. The van der Waals surface area contributed by atoms with Crippen molar-refractivity contribution in [2.75, 3.05) is 5.32 Å². The lowest BCUT2D eigenvalue weighted by Crippen LogP contribution is -2.13. The second-order valence-electron chi connectivity index (χ2n) is 6.33. The number of nitro groups is 1. The highest BCUT2D eigenvalue weighted by Crippen LogP contribution is 2.37. The van der Waals surface area contributed by atoms with Crippen molar-refractivity contribution in [1.82, 2.24) is 0 Å². The molecule has 0 spiro atoms. The van der Waals surface area contributed by atoms with Gasteiger partial charge >= 0.3 is 0 Å². The number of nitrogens with zero attached hydrogens (tertiary/aromatic N) is 2. The first-order chi connectivity index (χ1) is 14.7. The van der Waals surface area contributed by atoms with E-state index in [9.17, 15) is 20.2 Å². The van der Waals surface area contributed by atoms with Crippen molar-refractivity contribution in [2.24, 2.45) is 0 Å². The van der Waals surface area contributed by atoms with E-state index in [-0.39, 0.29) is 38.4 Å². The number of benzene rings is 2. The molecule has 0 saturated heterocycles. The topological polar surface area (TPSA) is 109 Å². The lowest BCUT2D eigenvalue weighted by atomic mass is 10.1. The quantitative estimate of drug-likeness (QED) is 0.191. The highest BCUT2D eigenvalue weighted by molar-refractivity contribution is 6.37. The lowest BCUT2D eigenvalue weighted by Gasteiger charge is -2.06. The zero-order valence-electron chi connectivity index (χ0n) is 15.8. The van der Waals surface area contributed by atoms with Crippen LogP contribution in [0.2, 0.25) is 15.1 Å². The molecule has 1 heterocycles. The molecule has 0 saturated carbocycles. The highest BCUT2D eigenvalue weighted by Gasteiger charge is 2.19. The maximum Gasteiger partial charge on any atom is 0.288 e. The summed E-state index contributed by atoms with van der Waals surface area (Å²) >= 11 is 18.0. The first kappa shape index (κ1) is 22.4. The number of hydrogen-bond donors (Lipinski definition) is 1. The predicted octanol–water partition coefficient (Wildman–Crippen LogP) is 6.67. The van der Waals surface area contributed by atoms with Crippen LogP contribution in [-0.2, 0) is 4.79 Å². The Bertz CT molecular complexity index is 1280. The number of nitrogens with one attached hydrogen (secondary N) is 1. The molecule has 1 amide bonds. The fraction of sp³-hybridized carbons (Fsp3) is 0.0476. The second kappa shape index (κ2) is 9.23. The molecule has 0 unspecified atom stereocenters. The molecule has 1 N–H and O–H groups in total. The number of nitriles is 1. The molecule has 0 bridgehead atoms. The number of carbonyl (C=O) groups excluding carboxylic acids is 1. The van der Waals surface area contributed by atoms with Crippen LogP contribution in [0.3, 0.4) is 0 Å². The van der Waals surface area contributed by atoms with Gasteiger partial charge in [0.05, 0.1) is 9.95 Å². The van der Waals surface area contributed by atoms with Gasteiger partial charge in [-0.25, -0.2) is 0 Å². The number of nitro benzene ring substituents is 1. The summed E-state index contributed by atoms with van der Waals surface area (Å²) in [5.74, 6) is -0.267. The van der Waals surface area contributed by atoms with Gasteiger partial charge in [-0.1, -0.05) is 40.9 Å². The van der Waals surface area contributed by atoms with Crippen LogP contribution in [0, 0.1) is 28.4 Å². The van der Waals surface area contributed by atoms with Crippen molar-refractivity contribution in [1.29, 1.82) is 5.26 Å². The number of amides is 1. The van der Waals surface area contributed by atoms with Crippen molar-refractivity contribution in [3.05, 3.63) is 84.5 Å². The molecule has 7 nitrogen and oxygen atoms in total. The Balaban J connectivity index is 1.88. The summed E-state index contributed by atoms with van der Waals surface area (Å²) in [5.41, 5.74) is 0.978. The average molecular weight is 477 g/mol. The molecule has 0 atom stereocenters. The molecule has 0 aliphatic rings. The molecule has 3 rings (SSSR count). The van der Waals surface area contributed by atoms with E-state index in [0.717, 1.165) is 5.56 Å². The third-order valence-corrected chi connectivity index (χ3v) is 5.23. The summed E-state index contributed by atoms with van der Waals surface area (Å²) in [6.45, 7) is 1.82. The Morgan fingerprint density at radius 2 is 1.87 bits per heavy atom. The van der Waals surface area contributed by atoms with Gasteiger partial charge in [-0.05, 0) is 42.8 Å². The van der Waals surface area contributed by atoms with E-state index < -0.39 is 10.8 Å². The van der Waals surface area contributed by atoms with Gasteiger partial charge in [0, 0.05) is 28.4 Å². The largest absolute Gasteiger partial charge is 0.457 e. The van der Waals surface area contributed by atoms with E-state index in [1.54, 1.807) is 18.2 Å². The molecular formula is C21H12Cl3N3O4. The second-order valence-corrected chi connectivity index (χ2v) is 7.55. The van der Waals surface area contributed by atoms with Gasteiger partial charge in [0.15, 0.2) is 0 Å². The Morgan fingerprint density at radius 3 is 2.52 bits per heavy atom. The van der Waals surface area contributed by atoms with E-state index in [2.05, 4.69) is 5.32 Å².